The molecule has 22 heavy (non-hydrogen) atoms. The molecule has 2 aliphatic rings. The SMILES string of the molecule is c1ccc2c(c1)OCc1c(Cc3noc(C4CC4)n3)ncn1-2. The molecule has 110 valence electrons. The van der Waals surface area contributed by atoms with Crippen molar-refractivity contribution in [3.8, 4) is 11.4 Å². The average molecular weight is 294 g/mol. The monoisotopic (exact) mass is 294 g/mol. The van der Waals surface area contributed by atoms with Gasteiger partial charge in [-0.3, -0.25) is 4.57 Å². The van der Waals surface area contributed by atoms with Crippen LogP contribution in [0.5, 0.6) is 5.75 Å². The van der Waals surface area contributed by atoms with Crippen molar-refractivity contribution >= 4 is 0 Å². The van der Waals surface area contributed by atoms with Gasteiger partial charge in [0.1, 0.15) is 12.4 Å². The van der Waals surface area contributed by atoms with E-state index in [9.17, 15) is 0 Å². The average Bonchev–Trinajstić information content (AvgIpc) is 3.17. The smallest absolute Gasteiger partial charge is 0.229 e. The van der Waals surface area contributed by atoms with Gasteiger partial charge in [-0.15, -0.1) is 0 Å². The first kappa shape index (κ1) is 12.0. The van der Waals surface area contributed by atoms with Crippen molar-refractivity contribution in [2.75, 3.05) is 0 Å². The van der Waals surface area contributed by atoms with Gasteiger partial charge < -0.3 is 9.26 Å². The van der Waals surface area contributed by atoms with E-state index in [2.05, 4.69) is 19.7 Å². The molecule has 6 nitrogen and oxygen atoms in total. The molecule has 3 aromatic rings. The number of rotatable bonds is 3. The zero-order chi connectivity index (χ0) is 14.5. The Morgan fingerprint density at radius 3 is 3.05 bits per heavy atom. The molecule has 6 heteroatoms. The number of hydrogen-bond acceptors (Lipinski definition) is 5. The molecule has 0 amide bonds. The highest BCUT2D eigenvalue weighted by atomic mass is 16.5. The van der Waals surface area contributed by atoms with Gasteiger partial charge in [-0.25, -0.2) is 4.98 Å². The molecule has 0 spiro atoms. The molecule has 0 saturated heterocycles. The third-order valence-electron chi connectivity index (χ3n) is 4.18. The molecule has 1 fully saturated rings. The van der Waals surface area contributed by atoms with Crippen molar-refractivity contribution in [1.29, 1.82) is 0 Å². The summed E-state index contributed by atoms with van der Waals surface area (Å²) in [7, 11) is 0. The highest BCUT2D eigenvalue weighted by Crippen LogP contribution is 2.39. The van der Waals surface area contributed by atoms with Crippen molar-refractivity contribution in [3.05, 3.63) is 53.7 Å². The minimum Gasteiger partial charge on any atom is -0.485 e. The number of benzene rings is 1. The van der Waals surface area contributed by atoms with Crippen LogP contribution in [0, 0.1) is 0 Å². The molecule has 1 aromatic carbocycles. The van der Waals surface area contributed by atoms with Gasteiger partial charge in [0.15, 0.2) is 5.82 Å². The Morgan fingerprint density at radius 2 is 2.14 bits per heavy atom. The third-order valence-corrected chi connectivity index (χ3v) is 4.18. The van der Waals surface area contributed by atoms with Crippen LogP contribution in [-0.2, 0) is 13.0 Å². The normalized spacial score (nSPS) is 16.0. The van der Waals surface area contributed by atoms with Gasteiger partial charge >= 0.3 is 0 Å². The van der Waals surface area contributed by atoms with Crippen LogP contribution in [0.2, 0.25) is 0 Å². The van der Waals surface area contributed by atoms with Crippen LogP contribution >= 0.6 is 0 Å². The molecule has 1 aliphatic carbocycles. The van der Waals surface area contributed by atoms with Crippen molar-refractivity contribution in [2.24, 2.45) is 0 Å². The summed E-state index contributed by atoms with van der Waals surface area (Å²) in [5.41, 5.74) is 3.02. The fourth-order valence-corrected chi connectivity index (χ4v) is 2.83. The maximum atomic E-state index is 5.81. The Morgan fingerprint density at radius 1 is 1.23 bits per heavy atom. The third kappa shape index (κ3) is 1.83. The second kappa shape index (κ2) is 4.43. The Hall–Kier alpha value is -2.63. The van der Waals surface area contributed by atoms with E-state index in [1.807, 2.05) is 30.6 Å². The molecule has 0 atom stereocenters. The summed E-state index contributed by atoms with van der Waals surface area (Å²) in [5.74, 6) is 2.83. The molecule has 2 aromatic heterocycles. The van der Waals surface area contributed by atoms with Gasteiger partial charge in [0.05, 0.1) is 29.8 Å². The van der Waals surface area contributed by atoms with Crippen LogP contribution in [0.3, 0.4) is 0 Å². The minimum atomic E-state index is 0.479. The van der Waals surface area contributed by atoms with Gasteiger partial charge in [0.25, 0.3) is 0 Å². The summed E-state index contributed by atoms with van der Waals surface area (Å²) in [6.07, 6.45) is 4.73. The van der Waals surface area contributed by atoms with Crippen LogP contribution in [-0.4, -0.2) is 19.7 Å². The number of ether oxygens (including phenoxy) is 1. The highest BCUT2D eigenvalue weighted by molar-refractivity contribution is 5.50. The molecule has 0 radical (unpaired) electrons. The van der Waals surface area contributed by atoms with Gasteiger partial charge in [-0.1, -0.05) is 17.3 Å². The van der Waals surface area contributed by atoms with E-state index >= 15 is 0 Å². The largest absolute Gasteiger partial charge is 0.485 e. The predicted molar refractivity (Wildman–Crippen MR) is 77.0 cm³/mol. The standard InChI is InChI=1S/C16H14N4O2/c1-2-4-14-12(3-1)20-9-17-11(13(20)8-21-14)7-15-18-16(22-19-15)10-5-6-10/h1-4,9-10H,5-8H2. The first-order valence-electron chi connectivity index (χ1n) is 7.48. The molecular weight excluding hydrogens is 280 g/mol. The summed E-state index contributed by atoms with van der Waals surface area (Å²) in [4.78, 5) is 9.00. The van der Waals surface area contributed by atoms with Crippen LogP contribution < -0.4 is 4.74 Å². The Balaban J connectivity index is 1.48. The first-order chi connectivity index (χ1) is 10.9. The van der Waals surface area contributed by atoms with Gasteiger partial charge in [-0.05, 0) is 25.0 Å². The lowest BCUT2D eigenvalue weighted by atomic mass is 10.2. The number of hydrogen-bond donors (Lipinski definition) is 0. The number of imidazole rings is 1. The summed E-state index contributed by atoms with van der Waals surface area (Å²) in [5, 5.41) is 4.07. The summed E-state index contributed by atoms with van der Waals surface area (Å²) in [6.45, 7) is 0.514. The van der Waals surface area contributed by atoms with E-state index in [4.69, 9.17) is 9.26 Å². The van der Waals surface area contributed by atoms with Crippen molar-refractivity contribution in [3.63, 3.8) is 0 Å². The molecular formula is C16H14N4O2. The second-order valence-electron chi connectivity index (χ2n) is 5.76. The molecule has 0 unspecified atom stereocenters. The quantitative estimate of drug-likeness (QED) is 0.743. The lowest BCUT2D eigenvalue weighted by Gasteiger charge is -2.20. The molecule has 1 aliphatic heterocycles. The molecule has 0 N–H and O–H groups in total. The number of para-hydroxylation sites is 2. The van der Waals surface area contributed by atoms with E-state index in [1.165, 1.54) is 0 Å². The van der Waals surface area contributed by atoms with Gasteiger partial charge in [0.2, 0.25) is 5.89 Å². The highest BCUT2D eigenvalue weighted by Gasteiger charge is 2.30. The van der Waals surface area contributed by atoms with Crippen LogP contribution in [0.15, 0.2) is 35.1 Å². The fraction of sp³-hybridized carbons (Fsp3) is 0.312. The summed E-state index contributed by atoms with van der Waals surface area (Å²) in [6, 6.07) is 7.97. The van der Waals surface area contributed by atoms with E-state index in [-0.39, 0.29) is 0 Å². The molecule has 1 saturated carbocycles. The number of fused-ring (bicyclic) bond motifs is 3. The fourth-order valence-electron chi connectivity index (χ4n) is 2.83. The zero-order valence-electron chi connectivity index (χ0n) is 11.9. The number of nitrogens with zero attached hydrogens (tertiary/aromatic N) is 4. The first-order valence-corrected chi connectivity index (χ1v) is 7.48. The van der Waals surface area contributed by atoms with Crippen molar-refractivity contribution in [2.45, 2.75) is 31.8 Å². The summed E-state index contributed by atoms with van der Waals surface area (Å²) < 4.78 is 13.2. The number of aromatic nitrogens is 4. The Kier molecular flexibility index (Phi) is 2.41. The van der Waals surface area contributed by atoms with E-state index in [0.29, 0.717) is 24.8 Å². The van der Waals surface area contributed by atoms with Crippen molar-refractivity contribution in [1.82, 2.24) is 19.7 Å². The second-order valence-corrected chi connectivity index (χ2v) is 5.76. The minimum absolute atomic E-state index is 0.479. The van der Waals surface area contributed by atoms with E-state index in [0.717, 1.165) is 41.6 Å². The molecule has 0 bridgehead atoms. The Labute approximate surface area is 126 Å². The van der Waals surface area contributed by atoms with Crippen LogP contribution in [0.25, 0.3) is 5.69 Å². The maximum absolute atomic E-state index is 5.81. The van der Waals surface area contributed by atoms with Crippen LogP contribution in [0.4, 0.5) is 0 Å². The zero-order valence-corrected chi connectivity index (χ0v) is 11.9. The molecule has 5 rings (SSSR count). The lowest BCUT2D eigenvalue weighted by molar-refractivity contribution is 0.284. The topological polar surface area (TPSA) is 66.0 Å². The van der Waals surface area contributed by atoms with Crippen molar-refractivity contribution < 1.29 is 9.26 Å². The van der Waals surface area contributed by atoms with Crippen LogP contribution in [0.1, 0.15) is 41.9 Å². The maximum Gasteiger partial charge on any atom is 0.229 e. The molecule has 3 heterocycles. The summed E-state index contributed by atoms with van der Waals surface area (Å²) >= 11 is 0. The van der Waals surface area contributed by atoms with E-state index in [1.54, 1.807) is 0 Å². The predicted octanol–water partition coefficient (Wildman–Crippen LogP) is 2.62. The van der Waals surface area contributed by atoms with Gasteiger partial charge in [0, 0.05) is 5.92 Å². The lowest BCUT2D eigenvalue weighted by Crippen LogP contribution is -2.13. The van der Waals surface area contributed by atoms with Gasteiger partial charge in [-0.2, -0.15) is 4.98 Å². The Bertz CT molecular complexity index is 847. The van der Waals surface area contributed by atoms with E-state index < -0.39 is 0 Å².